The van der Waals surface area contributed by atoms with Crippen LogP contribution >= 0.6 is 0 Å². The van der Waals surface area contributed by atoms with E-state index in [2.05, 4.69) is 42.8 Å². The number of aliphatic hydroxyl groups excluding tert-OH is 1. The third kappa shape index (κ3) is 2.67. The van der Waals surface area contributed by atoms with E-state index in [1.165, 1.54) is 12.0 Å². The van der Waals surface area contributed by atoms with Gasteiger partial charge in [0.25, 0.3) is 0 Å². The molecule has 0 aliphatic carbocycles. The molecule has 3 rings (SSSR count). The van der Waals surface area contributed by atoms with Crippen molar-refractivity contribution in [2.75, 3.05) is 38.2 Å². The van der Waals surface area contributed by atoms with E-state index in [1.807, 2.05) is 0 Å². The predicted molar refractivity (Wildman–Crippen MR) is 85.7 cm³/mol. The summed E-state index contributed by atoms with van der Waals surface area (Å²) in [6, 6.07) is 4.74. The molecule has 0 bridgehead atoms. The first-order valence-corrected chi connectivity index (χ1v) is 8.05. The standard InChI is InChI=1S/C17H27N3O/c1-13-9-14(2)18-16(10-13)20-8-6-17(12-21)5-4-7-19(3)15(17)11-20/h9-10,15,21H,4-8,11-12H2,1-3H3/t15-,17-/m1/s1. The molecule has 0 spiro atoms. The number of anilines is 1. The molecule has 2 fully saturated rings. The number of rotatable bonds is 2. The maximum Gasteiger partial charge on any atom is 0.129 e. The van der Waals surface area contributed by atoms with Gasteiger partial charge in [-0.3, -0.25) is 0 Å². The van der Waals surface area contributed by atoms with Gasteiger partial charge < -0.3 is 14.9 Å². The van der Waals surface area contributed by atoms with Crippen molar-refractivity contribution in [2.24, 2.45) is 5.41 Å². The predicted octanol–water partition coefficient (Wildman–Crippen LogP) is 1.98. The molecular formula is C17H27N3O. The Bertz CT molecular complexity index is 499. The summed E-state index contributed by atoms with van der Waals surface area (Å²) in [4.78, 5) is 9.56. The molecule has 4 nitrogen and oxygen atoms in total. The van der Waals surface area contributed by atoms with Gasteiger partial charge in [0.1, 0.15) is 5.82 Å². The molecule has 116 valence electrons. The van der Waals surface area contributed by atoms with Crippen LogP contribution in [0.15, 0.2) is 12.1 Å². The van der Waals surface area contributed by atoms with Crippen LogP contribution in [0.5, 0.6) is 0 Å². The van der Waals surface area contributed by atoms with Gasteiger partial charge in [-0.25, -0.2) is 4.98 Å². The van der Waals surface area contributed by atoms with Crippen molar-refractivity contribution in [1.29, 1.82) is 0 Å². The minimum Gasteiger partial charge on any atom is -0.396 e. The van der Waals surface area contributed by atoms with Crippen LogP contribution in [0.25, 0.3) is 0 Å². The zero-order valence-corrected chi connectivity index (χ0v) is 13.5. The second kappa shape index (κ2) is 5.58. The van der Waals surface area contributed by atoms with Gasteiger partial charge in [-0.2, -0.15) is 0 Å². The van der Waals surface area contributed by atoms with E-state index in [1.54, 1.807) is 0 Å². The molecule has 0 radical (unpaired) electrons. The van der Waals surface area contributed by atoms with Gasteiger partial charge in [-0.15, -0.1) is 0 Å². The summed E-state index contributed by atoms with van der Waals surface area (Å²) in [7, 11) is 2.20. The number of aliphatic hydroxyl groups is 1. The molecule has 1 N–H and O–H groups in total. The van der Waals surface area contributed by atoms with Crippen LogP contribution in [0.3, 0.4) is 0 Å². The highest BCUT2D eigenvalue weighted by atomic mass is 16.3. The molecule has 0 saturated carbocycles. The zero-order chi connectivity index (χ0) is 15.0. The maximum atomic E-state index is 9.98. The second-order valence-electron chi connectivity index (χ2n) is 6.96. The number of hydrogen-bond acceptors (Lipinski definition) is 4. The monoisotopic (exact) mass is 289 g/mol. The lowest BCUT2D eigenvalue weighted by molar-refractivity contribution is -0.0277. The summed E-state index contributed by atoms with van der Waals surface area (Å²) in [6.07, 6.45) is 3.43. The number of piperidine rings is 2. The highest BCUT2D eigenvalue weighted by Gasteiger charge is 2.46. The number of pyridine rings is 1. The summed E-state index contributed by atoms with van der Waals surface area (Å²) in [5.41, 5.74) is 2.46. The minimum atomic E-state index is 0.0996. The first-order chi connectivity index (χ1) is 10.0. The topological polar surface area (TPSA) is 39.6 Å². The maximum absolute atomic E-state index is 9.98. The van der Waals surface area contributed by atoms with Gasteiger partial charge in [0.2, 0.25) is 0 Å². The van der Waals surface area contributed by atoms with Gasteiger partial charge in [0.05, 0.1) is 6.61 Å². The second-order valence-corrected chi connectivity index (χ2v) is 6.96. The van der Waals surface area contributed by atoms with E-state index < -0.39 is 0 Å². The SMILES string of the molecule is Cc1cc(C)nc(N2CC[C@@]3(CO)CCCN(C)[C@@H]3C2)c1. The summed E-state index contributed by atoms with van der Waals surface area (Å²) in [5, 5.41) is 9.98. The molecule has 2 aliphatic heterocycles. The van der Waals surface area contributed by atoms with Gasteiger partial charge in [-0.05, 0) is 64.4 Å². The normalized spacial score (nSPS) is 30.3. The van der Waals surface area contributed by atoms with Crippen molar-refractivity contribution >= 4 is 5.82 Å². The molecular weight excluding hydrogens is 262 g/mol. The fourth-order valence-corrected chi connectivity index (χ4v) is 4.21. The Morgan fingerprint density at radius 3 is 2.81 bits per heavy atom. The summed E-state index contributed by atoms with van der Waals surface area (Å²) in [6.45, 7) is 7.63. The van der Waals surface area contributed by atoms with Crippen LogP contribution in [-0.4, -0.2) is 54.3 Å². The number of aromatic nitrogens is 1. The van der Waals surface area contributed by atoms with E-state index in [9.17, 15) is 5.11 Å². The zero-order valence-electron chi connectivity index (χ0n) is 13.5. The molecule has 2 aliphatic rings. The van der Waals surface area contributed by atoms with Crippen LogP contribution in [-0.2, 0) is 0 Å². The first-order valence-electron chi connectivity index (χ1n) is 8.05. The molecule has 2 saturated heterocycles. The van der Waals surface area contributed by atoms with Crippen LogP contribution in [0.4, 0.5) is 5.82 Å². The van der Waals surface area contributed by atoms with Gasteiger partial charge >= 0.3 is 0 Å². The Kier molecular flexibility index (Phi) is 3.93. The average Bonchev–Trinajstić information content (AvgIpc) is 2.46. The number of fused-ring (bicyclic) bond motifs is 1. The largest absolute Gasteiger partial charge is 0.396 e. The van der Waals surface area contributed by atoms with Gasteiger partial charge in [-0.1, -0.05) is 0 Å². The highest BCUT2D eigenvalue weighted by Crippen LogP contribution is 2.42. The molecule has 0 aromatic carbocycles. The molecule has 0 amide bonds. The third-order valence-electron chi connectivity index (χ3n) is 5.42. The molecule has 4 heteroatoms. The Morgan fingerprint density at radius 1 is 1.29 bits per heavy atom. The summed E-state index contributed by atoms with van der Waals surface area (Å²) < 4.78 is 0. The van der Waals surface area contributed by atoms with E-state index in [4.69, 9.17) is 4.98 Å². The van der Waals surface area contributed by atoms with Crippen molar-refractivity contribution in [3.8, 4) is 0 Å². The quantitative estimate of drug-likeness (QED) is 0.904. The lowest BCUT2D eigenvalue weighted by Gasteiger charge is -2.53. The first kappa shape index (κ1) is 14.8. The summed E-state index contributed by atoms with van der Waals surface area (Å²) in [5.74, 6) is 1.10. The van der Waals surface area contributed by atoms with Crippen LogP contribution in [0, 0.1) is 19.3 Å². The Morgan fingerprint density at radius 2 is 2.10 bits per heavy atom. The van der Waals surface area contributed by atoms with Crippen molar-refractivity contribution in [1.82, 2.24) is 9.88 Å². The minimum absolute atomic E-state index is 0.0996. The van der Waals surface area contributed by atoms with Crippen molar-refractivity contribution in [3.05, 3.63) is 23.4 Å². The van der Waals surface area contributed by atoms with E-state index in [-0.39, 0.29) is 5.41 Å². The Hall–Kier alpha value is -1.13. The highest BCUT2D eigenvalue weighted by molar-refractivity contribution is 5.43. The number of aryl methyl sites for hydroxylation is 2. The number of likely N-dealkylation sites (N-methyl/N-ethyl adjacent to an activating group) is 1. The van der Waals surface area contributed by atoms with Crippen molar-refractivity contribution in [3.63, 3.8) is 0 Å². The molecule has 1 aromatic rings. The van der Waals surface area contributed by atoms with Crippen LogP contribution in [0.2, 0.25) is 0 Å². The fraction of sp³-hybridized carbons (Fsp3) is 0.706. The molecule has 2 atom stereocenters. The van der Waals surface area contributed by atoms with E-state index in [0.29, 0.717) is 12.6 Å². The average molecular weight is 289 g/mol. The third-order valence-corrected chi connectivity index (χ3v) is 5.42. The van der Waals surface area contributed by atoms with Gasteiger partial charge in [0.15, 0.2) is 0 Å². The van der Waals surface area contributed by atoms with E-state index >= 15 is 0 Å². The molecule has 3 heterocycles. The number of likely N-dealkylation sites (tertiary alicyclic amines) is 1. The molecule has 0 unspecified atom stereocenters. The van der Waals surface area contributed by atoms with E-state index in [0.717, 1.165) is 44.0 Å². The van der Waals surface area contributed by atoms with Crippen LogP contribution < -0.4 is 4.90 Å². The lowest BCUT2D eigenvalue weighted by Crippen LogP contribution is -2.61. The Labute approximate surface area is 127 Å². The van der Waals surface area contributed by atoms with Gasteiger partial charge in [0, 0.05) is 30.2 Å². The van der Waals surface area contributed by atoms with Crippen LogP contribution in [0.1, 0.15) is 30.5 Å². The van der Waals surface area contributed by atoms with Crippen molar-refractivity contribution in [2.45, 2.75) is 39.2 Å². The smallest absolute Gasteiger partial charge is 0.129 e. The van der Waals surface area contributed by atoms with Crippen molar-refractivity contribution < 1.29 is 5.11 Å². The number of hydrogen-bond donors (Lipinski definition) is 1. The fourth-order valence-electron chi connectivity index (χ4n) is 4.21. The molecule has 21 heavy (non-hydrogen) atoms. The Balaban J connectivity index is 1.85. The number of nitrogens with zero attached hydrogens (tertiary/aromatic N) is 3. The lowest BCUT2D eigenvalue weighted by atomic mass is 9.69. The molecule has 1 aromatic heterocycles. The summed E-state index contributed by atoms with van der Waals surface area (Å²) >= 11 is 0.